The van der Waals surface area contributed by atoms with Crippen LogP contribution < -0.4 is 0 Å². The maximum absolute atomic E-state index is 9.49. The zero-order valence-corrected chi connectivity index (χ0v) is 15.8. The van der Waals surface area contributed by atoms with Crippen LogP contribution >= 0.6 is 27.3 Å². The second-order valence-corrected chi connectivity index (χ2v) is 9.24. The molecule has 1 aliphatic rings. The third-order valence-electron chi connectivity index (χ3n) is 4.80. The lowest BCUT2D eigenvalue weighted by atomic mass is 9.68. The van der Waals surface area contributed by atoms with Crippen LogP contribution in [0.25, 0.3) is 0 Å². The van der Waals surface area contributed by atoms with Crippen molar-refractivity contribution < 1.29 is 0 Å². The standard InChI is InChI=1S/C17H25BrN2S/c1-17(2,3)13-6-5-12(9-19)16(7-13)20(4)10-15-8-14(18)11-21-15/h8,11-13,16H,5-7,10H2,1-4H3. The highest BCUT2D eigenvalue weighted by Gasteiger charge is 2.37. The Morgan fingerprint density at radius 3 is 2.67 bits per heavy atom. The fourth-order valence-corrected chi connectivity index (χ4v) is 4.88. The van der Waals surface area contributed by atoms with Crippen molar-refractivity contribution in [3.63, 3.8) is 0 Å². The predicted octanol–water partition coefficient (Wildman–Crippen LogP) is 5.30. The third kappa shape index (κ3) is 4.31. The summed E-state index contributed by atoms with van der Waals surface area (Å²) in [6, 6.07) is 5.12. The van der Waals surface area contributed by atoms with E-state index in [0.29, 0.717) is 17.4 Å². The van der Waals surface area contributed by atoms with Crippen LogP contribution in [0.5, 0.6) is 0 Å². The van der Waals surface area contributed by atoms with Crippen molar-refractivity contribution in [2.24, 2.45) is 17.3 Å². The van der Waals surface area contributed by atoms with Crippen LogP contribution in [0.2, 0.25) is 0 Å². The van der Waals surface area contributed by atoms with E-state index in [9.17, 15) is 5.26 Å². The predicted molar refractivity (Wildman–Crippen MR) is 93.2 cm³/mol. The topological polar surface area (TPSA) is 27.0 Å². The van der Waals surface area contributed by atoms with Gasteiger partial charge in [-0.05, 0) is 59.6 Å². The number of nitrogens with zero attached hydrogens (tertiary/aromatic N) is 2. The van der Waals surface area contributed by atoms with Gasteiger partial charge in [-0.1, -0.05) is 20.8 Å². The molecule has 1 saturated carbocycles. The number of halogens is 1. The molecule has 1 aromatic rings. The van der Waals surface area contributed by atoms with Crippen molar-refractivity contribution in [1.82, 2.24) is 4.90 Å². The van der Waals surface area contributed by atoms with Crippen LogP contribution in [0.15, 0.2) is 15.9 Å². The smallest absolute Gasteiger partial charge is 0.0672 e. The van der Waals surface area contributed by atoms with Gasteiger partial charge in [-0.15, -0.1) is 11.3 Å². The van der Waals surface area contributed by atoms with Crippen LogP contribution in [-0.2, 0) is 6.54 Å². The molecule has 4 heteroatoms. The van der Waals surface area contributed by atoms with Gasteiger partial charge < -0.3 is 0 Å². The van der Waals surface area contributed by atoms with Crippen molar-refractivity contribution >= 4 is 27.3 Å². The Hall–Kier alpha value is -0.370. The van der Waals surface area contributed by atoms with Crippen LogP contribution in [0, 0.1) is 28.6 Å². The first kappa shape index (κ1) is 17.0. The van der Waals surface area contributed by atoms with E-state index in [2.05, 4.69) is 66.2 Å². The summed E-state index contributed by atoms with van der Waals surface area (Å²) in [6.45, 7) is 7.93. The van der Waals surface area contributed by atoms with Gasteiger partial charge in [-0.25, -0.2) is 0 Å². The summed E-state index contributed by atoms with van der Waals surface area (Å²) in [4.78, 5) is 3.75. The summed E-state index contributed by atoms with van der Waals surface area (Å²) in [5.41, 5.74) is 0.339. The average Bonchev–Trinajstić information content (AvgIpc) is 2.82. The molecular formula is C17H25BrN2S. The molecule has 1 heterocycles. The molecule has 0 bridgehead atoms. The van der Waals surface area contributed by atoms with Gasteiger partial charge >= 0.3 is 0 Å². The van der Waals surface area contributed by atoms with Gasteiger partial charge in [0, 0.05) is 27.3 Å². The van der Waals surface area contributed by atoms with Gasteiger partial charge in [0.25, 0.3) is 0 Å². The van der Waals surface area contributed by atoms with Crippen molar-refractivity contribution in [1.29, 1.82) is 5.26 Å². The summed E-state index contributed by atoms with van der Waals surface area (Å²) in [7, 11) is 2.17. The molecule has 0 aromatic carbocycles. The number of hydrogen-bond acceptors (Lipinski definition) is 3. The highest BCUT2D eigenvalue weighted by molar-refractivity contribution is 9.10. The Morgan fingerprint density at radius 2 is 2.14 bits per heavy atom. The van der Waals surface area contributed by atoms with E-state index in [0.717, 1.165) is 23.9 Å². The molecule has 0 amide bonds. The van der Waals surface area contributed by atoms with Crippen molar-refractivity contribution in [3.05, 3.63) is 20.8 Å². The molecule has 1 aromatic heterocycles. The molecule has 3 unspecified atom stereocenters. The molecule has 0 N–H and O–H groups in total. The Kier molecular flexibility index (Phi) is 5.51. The summed E-state index contributed by atoms with van der Waals surface area (Å²) in [5, 5.41) is 11.6. The molecule has 0 saturated heterocycles. The van der Waals surface area contributed by atoms with Gasteiger partial charge in [-0.2, -0.15) is 5.26 Å². The van der Waals surface area contributed by atoms with Crippen molar-refractivity contribution in [3.8, 4) is 6.07 Å². The molecular weight excluding hydrogens is 344 g/mol. The molecule has 116 valence electrons. The minimum absolute atomic E-state index is 0.178. The van der Waals surface area contributed by atoms with E-state index in [1.807, 2.05) is 0 Å². The lowest BCUT2D eigenvalue weighted by Crippen LogP contribution is -2.43. The van der Waals surface area contributed by atoms with Crippen molar-refractivity contribution in [2.45, 2.75) is 52.6 Å². The fourth-order valence-electron chi connectivity index (χ4n) is 3.37. The number of thiophene rings is 1. The first-order chi connectivity index (χ1) is 9.81. The highest BCUT2D eigenvalue weighted by Crippen LogP contribution is 2.41. The number of hydrogen-bond donors (Lipinski definition) is 0. The summed E-state index contributed by atoms with van der Waals surface area (Å²) >= 11 is 5.30. The molecule has 2 rings (SSSR count). The summed E-state index contributed by atoms with van der Waals surface area (Å²) < 4.78 is 1.16. The molecule has 1 fully saturated rings. The molecule has 3 atom stereocenters. The van der Waals surface area contributed by atoms with Gasteiger partial charge in [0.05, 0.1) is 12.0 Å². The second-order valence-electron chi connectivity index (χ2n) is 7.33. The number of rotatable bonds is 3. The van der Waals surface area contributed by atoms with E-state index in [4.69, 9.17) is 0 Å². The van der Waals surface area contributed by atoms with Crippen molar-refractivity contribution in [2.75, 3.05) is 7.05 Å². The maximum atomic E-state index is 9.49. The SMILES string of the molecule is CN(Cc1cc(Br)cs1)C1CC(C(C)(C)C)CCC1C#N. The lowest BCUT2D eigenvalue weighted by Gasteiger charge is -2.43. The molecule has 0 spiro atoms. The summed E-state index contributed by atoms with van der Waals surface area (Å²) in [5.74, 6) is 0.890. The van der Waals surface area contributed by atoms with E-state index >= 15 is 0 Å². The van der Waals surface area contributed by atoms with Gasteiger partial charge in [0.15, 0.2) is 0 Å². The van der Waals surface area contributed by atoms with Crippen LogP contribution in [0.3, 0.4) is 0 Å². The number of nitriles is 1. The zero-order valence-electron chi connectivity index (χ0n) is 13.4. The third-order valence-corrected chi connectivity index (χ3v) is 6.48. The van der Waals surface area contributed by atoms with Gasteiger partial charge in [-0.3, -0.25) is 4.90 Å². The van der Waals surface area contributed by atoms with E-state index < -0.39 is 0 Å². The molecule has 0 aliphatic heterocycles. The summed E-state index contributed by atoms with van der Waals surface area (Å²) in [6.07, 6.45) is 3.38. The average molecular weight is 369 g/mol. The largest absolute Gasteiger partial charge is 0.297 e. The molecule has 2 nitrogen and oxygen atoms in total. The first-order valence-electron chi connectivity index (χ1n) is 7.64. The van der Waals surface area contributed by atoms with Gasteiger partial charge in [0.1, 0.15) is 0 Å². The van der Waals surface area contributed by atoms with Gasteiger partial charge in [0.2, 0.25) is 0 Å². The zero-order chi connectivity index (χ0) is 15.6. The van der Waals surface area contributed by atoms with Crippen LogP contribution in [0.4, 0.5) is 0 Å². The molecule has 1 aliphatic carbocycles. The fraction of sp³-hybridized carbons (Fsp3) is 0.706. The highest BCUT2D eigenvalue weighted by atomic mass is 79.9. The van der Waals surface area contributed by atoms with E-state index in [1.165, 1.54) is 11.3 Å². The lowest BCUT2D eigenvalue weighted by molar-refractivity contribution is 0.0718. The Labute approximate surface area is 141 Å². The minimum atomic E-state index is 0.178. The minimum Gasteiger partial charge on any atom is -0.297 e. The van der Waals surface area contributed by atoms with E-state index in [-0.39, 0.29) is 5.92 Å². The second kappa shape index (κ2) is 6.81. The normalized spacial score (nSPS) is 26.8. The Bertz CT molecular complexity index is 512. The monoisotopic (exact) mass is 368 g/mol. The quantitative estimate of drug-likeness (QED) is 0.723. The van der Waals surface area contributed by atoms with E-state index in [1.54, 1.807) is 11.3 Å². The Morgan fingerprint density at radius 1 is 1.43 bits per heavy atom. The maximum Gasteiger partial charge on any atom is 0.0672 e. The van der Waals surface area contributed by atoms with Crippen LogP contribution in [0.1, 0.15) is 44.9 Å². The Balaban J connectivity index is 2.08. The molecule has 21 heavy (non-hydrogen) atoms. The first-order valence-corrected chi connectivity index (χ1v) is 9.31. The van der Waals surface area contributed by atoms with Crippen LogP contribution in [-0.4, -0.2) is 18.0 Å². The molecule has 0 radical (unpaired) electrons.